The van der Waals surface area contributed by atoms with Gasteiger partial charge in [-0.05, 0) is 44.9 Å². The first-order valence-electron chi connectivity index (χ1n) is 7.81. The van der Waals surface area contributed by atoms with E-state index in [-0.39, 0.29) is 6.03 Å². The molecule has 1 aliphatic heterocycles. The van der Waals surface area contributed by atoms with Crippen LogP contribution in [0.25, 0.3) is 0 Å². The molecule has 2 amide bonds. The van der Waals surface area contributed by atoms with Crippen molar-refractivity contribution in [3.05, 3.63) is 28.2 Å². The predicted octanol–water partition coefficient (Wildman–Crippen LogP) is 4.38. The molecule has 4 nitrogen and oxygen atoms in total. The maximum Gasteiger partial charge on any atom is 0.319 e. The number of carbonyl (C=O) groups excluding carboxylic acids is 1. The van der Waals surface area contributed by atoms with Crippen LogP contribution in [0.3, 0.4) is 0 Å². The average molecular weight is 344 g/mol. The fourth-order valence-corrected chi connectivity index (χ4v) is 3.09. The molecule has 6 heteroatoms. The van der Waals surface area contributed by atoms with Crippen molar-refractivity contribution in [3.8, 4) is 0 Å². The maximum atomic E-state index is 11.9. The summed E-state index contributed by atoms with van der Waals surface area (Å²) >= 11 is 11.9. The lowest BCUT2D eigenvalue weighted by molar-refractivity contribution is 0.159. The van der Waals surface area contributed by atoms with Gasteiger partial charge in [0.2, 0.25) is 0 Å². The third-order valence-corrected chi connectivity index (χ3v) is 4.87. The third-order valence-electron chi connectivity index (χ3n) is 4.05. The van der Waals surface area contributed by atoms with E-state index in [1.807, 2.05) is 0 Å². The minimum atomic E-state index is -0.254. The van der Waals surface area contributed by atoms with Gasteiger partial charge in [-0.15, -0.1) is 0 Å². The van der Waals surface area contributed by atoms with Gasteiger partial charge in [0.1, 0.15) is 0 Å². The van der Waals surface area contributed by atoms with Gasteiger partial charge in [0.05, 0.1) is 15.7 Å². The second kappa shape index (κ2) is 8.61. The van der Waals surface area contributed by atoms with Gasteiger partial charge in [-0.2, -0.15) is 0 Å². The van der Waals surface area contributed by atoms with Crippen molar-refractivity contribution in [2.75, 3.05) is 25.0 Å². The highest BCUT2D eigenvalue weighted by Crippen LogP contribution is 2.29. The molecule has 0 saturated carbocycles. The summed E-state index contributed by atoms with van der Waals surface area (Å²) in [5, 5.41) is 6.36. The molecule has 1 fully saturated rings. The van der Waals surface area contributed by atoms with Crippen LogP contribution < -0.4 is 10.6 Å². The summed E-state index contributed by atoms with van der Waals surface area (Å²) in [6, 6.07) is 5.57. The number of anilines is 1. The van der Waals surface area contributed by atoms with E-state index in [1.54, 1.807) is 18.2 Å². The number of carbonyl (C=O) groups is 1. The predicted molar refractivity (Wildman–Crippen MR) is 93.0 cm³/mol. The Balaban J connectivity index is 1.68. The molecule has 0 aromatic heterocycles. The normalized spacial score (nSPS) is 19.0. The minimum absolute atomic E-state index is 0.254. The summed E-state index contributed by atoms with van der Waals surface area (Å²) < 4.78 is 0. The second-order valence-electron chi connectivity index (χ2n) is 5.72. The lowest BCUT2D eigenvalue weighted by atomic mass is 10.0. The van der Waals surface area contributed by atoms with Crippen LogP contribution in [0, 0.1) is 0 Å². The molecule has 1 saturated heterocycles. The molecule has 1 atom stereocenters. The van der Waals surface area contributed by atoms with Crippen molar-refractivity contribution in [2.24, 2.45) is 0 Å². The van der Waals surface area contributed by atoms with Crippen LogP contribution in [-0.4, -0.2) is 36.6 Å². The number of amides is 2. The highest BCUT2D eigenvalue weighted by Gasteiger charge is 2.17. The van der Waals surface area contributed by atoms with E-state index in [1.165, 1.54) is 25.8 Å². The zero-order valence-electron chi connectivity index (χ0n) is 12.9. The second-order valence-corrected chi connectivity index (χ2v) is 6.50. The summed E-state index contributed by atoms with van der Waals surface area (Å²) in [6.07, 6.45) is 4.84. The van der Waals surface area contributed by atoms with Gasteiger partial charge in [-0.25, -0.2) is 4.79 Å². The molecule has 2 N–H and O–H groups in total. The Bertz CT molecular complexity index is 510. The van der Waals surface area contributed by atoms with Gasteiger partial charge in [0.25, 0.3) is 0 Å². The van der Waals surface area contributed by atoms with Crippen LogP contribution in [-0.2, 0) is 0 Å². The molecule has 0 radical (unpaired) electrons. The van der Waals surface area contributed by atoms with Crippen molar-refractivity contribution < 1.29 is 4.79 Å². The monoisotopic (exact) mass is 343 g/mol. The van der Waals surface area contributed by atoms with Crippen LogP contribution in [0.2, 0.25) is 10.0 Å². The highest BCUT2D eigenvalue weighted by molar-refractivity contribution is 6.43. The number of halogens is 2. The molecule has 1 aliphatic rings. The molecule has 1 aromatic carbocycles. The van der Waals surface area contributed by atoms with Crippen LogP contribution in [0.5, 0.6) is 0 Å². The summed E-state index contributed by atoms with van der Waals surface area (Å²) in [7, 11) is 0. The molecule has 0 spiro atoms. The molecular weight excluding hydrogens is 321 g/mol. The molecule has 2 rings (SSSR count). The molecule has 0 aliphatic carbocycles. The number of benzene rings is 1. The van der Waals surface area contributed by atoms with Gasteiger partial charge in [-0.3, -0.25) is 0 Å². The van der Waals surface area contributed by atoms with Crippen LogP contribution in [0.15, 0.2) is 18.2 Å². The van der Waals surface area contributed by atoms with Gasteiger partial charge < -0.3 is 15.5 Å². The Hall–Kier alpha value is -0.970. The van der Waals surface area contributed by atoms with Crippen molar-refractivity contribution in [1.82, 2.24) is 10.2 Å². The van der Waals surface area contributed by atoms with E-state index in [9.17, 15) is 4.79 Å². The fourth-order valence-electron chi connectivity index (χ4n) is 2.74. The van der Waals surface area contributed by atoms with Crippen molar-refractivity contribution >= 4 is 34.9 Å². The largest absolute Gasteiger partial charge is 0.338 e. The first kappa shape index (κ1) is 17.4. The molecule has 1 heterocycles. The topological polar surface area (TPSA) is 44.4 Å². The SMILES string of the molecule is C[C@H]1CCCCN1CCCNC(=O)Nc1cccc(Cl)c1Cl. The van der Waals surface area contributed by atoms with E-state index >= 15 is 0 Å². The number of urea groups is 1. The minimum Gasteiger partial charge on any atom is -0.338 e. The van der Waals surface area contributed by atoms with Gasteiger partial charge in [0.15, 0.2) is 0 Å². The Morgan fingerprint density at radius 2 is 2.18 bits per heavy atom. The van der Waals surface area contributed by atoms with E-state index < -0.39 is 0 Å². The zero-order chi connectivity index (χ0) is 15.9. The quantitative estimate of drug-likeness (QED) is 0.779. The number of rotatable bonds is 5. The number of nitrogens with one attached hydrogen (secondary N) is 2. The van der Waals surface area contributed by atoms with Crippen LogP contribution in [0.4, 0.5) is 10.5 Å². The summed E-state index contributed by atoms with van der Waals surface area (Å²) in [6.45, 7) is 5.12. The fraction of sp³-hybridized carbons (Fsp3) is 0.562. The van der Waals surface area contributed by atoms with Crippen molar-refractivity contribution in [1.29, 1.82) is 0 Å². The first-order chi connectivity index (χ1) is 10.6. The van der Waals surface area contributed by atoms with E-state index in [0.717, 1.165) is 13.0 Å². The van der Waals surface area contributed by atoms with Crippen LogP contribution in [0.1, 0.15) is 32.6 Å². The Morgan fingerprint density at radius 1 is 1.36 bits per heavy atom. The molecular formula is C16H23Cl2N3O. The maximum absolute atomic E-state index is 11.9. The number of likely N-dealkylation sites (tertiary alicyclic amines) is 1. The van der Waals surface area contributed by atoms with Gasteiger partial charge in [-0.1, -0.05) is 35.7 Å². The average Bonchev–Trinajstić information content (AvgIpc) is 2.50. The highest BCUT2D eigenvalue weighted by atomic mass is 35.5. The number of hydrogen-bond donors (Lipinski definition) is 2. The van der Waals surface area contributed by atoms with E-state index in [0.29, 0.717) is 28.3 Å². The summed E-state index contributed by atoms with van der Waals surface area (Å²) in [4.78, 5) is 14.4. The van der Waals surface area contributed by atoms with E-state index in [2.05, 4.69) is 22.5 Å². The lowest BCUT2D eigenvalue weighted by Gasteiger charge is -2.33. The van der Waals surface area contributed by atoms with Crippen molar-refractivity contribution in [2.45, 2.75) is 38.6 Å². The van der Waals surface area contributed by atoms with E-state index in [4.69, 9.17) is 23.2 Å². The first-order valence-corrected chi connectivity index (χ1v) is 8.56. The molecule has 1 aromatic rings. The number of hydrogen-bond acceptors (Lipinski definition) is 2. The molecule has 122 valence electrons. The Kier molecular flexibility index (Phi) is 6.80. The zero-order valence-corrected chi connectivity index (χ0v) is 14.4. The summed E-state index contributed by atoms with van der Waals surface area (Å²) in [5.41, 5.74) is 0.524. The Labute approximate surface area is 142 Å². The van der Waals surface area contributed by atoms with Crippen LogP contribution >= 0.6 is 23.2 Å². The number of nitrogens with zero attached hydrogens (tertiary/aromatic N) is 1. The third kappa shape index (κ3) is 5.04. The smallest absolute Gasteiger partial charge is 0.319 e. The van der Waals surface area contributed by atoms with Gasteiger partial charge in [0, 0.05) is 19.1 Å². The summed E-state index contributed by atoms with van der Waals surface area (Å²) in [5.74, 6) is 0. The Morgan fingerprint density at radius 3 is 2.95 bits per heavy atom. The van der Waals surface area contributed by atoms with Crippen molar-refractivity contribution in [3.63, 3.8) is 0 Å². The molecule has 22 heavy (non-hydrogen) atoms. The molecule has 0 unspecified atom stereocenters. The number of piperidine rings is 1. The standard InChI is InChI=1S/C16H23Cl2N3O/c1-12-6-2-3-10-21(12)11-5-9-19-16(22)20-14-8-4-7-13(17)15(14)18/h4,7-8,12H,2-3,5-6,9-11H2,1H3,(H2,19,20,22)/t12-/m0/s1. The van der Waals surface area contributed by atoms with Gasteiger partial charge >= 0.3 is 6.03 Å². The lowest BCUT2D eigenvalue weighted by Crippen LogP contribution is -2.39. The molecule has 0 bridgehead atoms.